The van der Waals surface area contributed by atoms with Gasteiger partial charge in [-0.2, -0.15) is 5.10 Å². The van der Waals surface area contributed by atoms with Crippen LogP contribution < -0.4 is 4.74 Å². The van der Waals surface area contributed by atoms with Crippen molar-refractivity contribution < 1.29 is 9.47 Å². The summed E-state index contributed by atoms with van der Waals surface area (Å²) in [6, 6.07) is 8.37. The molecule has 0 aliphatic carbocycles. The lowest BCUT2D eigenvalue weighted by molar-refractivity contribution is -0.0405. The molecular weight excluding hydrogens is 316 g/mol. The van der Waals surface area contributed by atoms with E-state index in [9.17, 15) is 0 Å². The van der Waals surface area contributed by atoms with E-state index in [-0.39, 0.29) is 12.2 Å². The van der Waals surface area contributed by atoms with Crippen molar-refractivity contribution in [2.24, 2.45) is 0 Å². The molecule has 1 aromatic carbocycles. The van der Waals surface area contributed by atoms with E-state index in [1.807, 2.05) is 38.4 Å². The molecular formula is C19H28N4O2. The number of nitrogens with zero attached hydrogens (tertiary/aromatic N) is 4. The second-order valence-corrected chi connectivity index (χ2v) is 6.93. The molecule has 1 aliphatic heterocycles. The highest BCUT2D eigenvalue weighted by molar-refractivity contribution is 5.28. The summed E-state index contributed by atoms with van der Waals surface area (Å²) in [5, 5.41) is 4.44. The number of hydrogen-bond acceptors (Lipinski definition) is 5. The zero-order valence-corrected chi connectivity index (χ0v) is 15.6. The lowest BCUT2D eigenvalue weighted by atomic mass is 10.1. The molecule has 1 atom stereocenters. The third-order valence-corrected chi connectivity index (χ3v) is 4.24. The first-order chi connectivity index (χ1) is 12.0. The average molecular weight is 344 g/mol. The molecule has 25 heavy (non-hydrogen) atoms. The molecule has 0 radical (unpaired) electrons. The van der Waals surface area contributed by atoms with E-state index in [1.165, 1.54) is 5.56 Å². The van der Waals surface area contributed by atoms with Crippen molar-refractivity contribution in [1.82, 2.24) is 19.7 Å². The van der Waals surface area contributed by atoms with Gasteiger partial charge in [0.05, 0.1) is 25.4 Å². The van der Waals surface area contributed by atoms with Gasteiger partial charge < -0.3 is 9.47 Å². The van der Waals surface area contributed by atoms with Crippen LogP contribution in [0.2, 0.25) is 0 Å². The Morgan fingerprint density at radius 2 is 2.16 bits per heavy atom. The van der Waals surface area contributed by atoms with Gasteiger partial charge in [-0.25, -0.2) is 9.67 Å². The van der Waals surface area contributed by atoms with E-state index < -0.39 is 0 Å². The van der Waals surface area contributed by atoms with Gasteiger partial charge in [0.2, 0.25) is 0 Å². The first-order valence-electron chi connectivity index (χ1n) is 8.97. The molecule has 0 bridgehead atoms. The highest BCUT2D eigenvalue weighted by Crippen LogP contribution is 2.18. The molecule has 6 heteroatoms. The minimum atomic E-state index is 0.142. The van der Waals surface area contributed by atoms with Crippen LogP contribution in [0.25, 0.3) is 0 Å². The van der Waals surface area contributed by atoms with Crippen LogP contribution in [0.3, 0.4) is 0 Å². The van der Waals surface area contributed by atoms with Gasteiger partial charge in [0.15, 0.2) is 0 Å². The highest BCUT2D eigenvalue weighted by Gasteiger charge is 2.22. The smallest absolute Gasteiger partial charge is 0.147 e. The Morgan fingerprint density at radius 1 is 1.32 bits per heavy atom. The van der Waals surface area contributed by atoms with Crippen LogP contribution in [0.4, 0.5) is 0 Å². The average Bonchev–Trinajstić information content (AvgIpc) is 2.85. The van der Waals surface area contributed by atoms with E-state index >= 15 is 0 Å². The van der Waals surface area contributed by atoms with Crippen molar-refractivity contribution in [3.05, 3.63) is 41.5 Å². The molecule has 6 nitrogen and oxygen atoms in total. The van der Waals surface area contributed by atoms with E-state index in [4.69, 9.17) is 9.47 Å². The monoisotopic (exact) mass is 344 g/mol. The predicted octanol–water partition coefficient (Wildman–Crippen LogP) is 2.58. The highest BCUT2D eigenvalue weighted by atomic mass is 16.5. The summed E-state index contributed by atoms with van der Waals surface area (Å²) in [7, 11) is 0. The molecule has 1 aliphatic rings. The molecule has 1 aromatic heterocycles. The topological polar surface area (TPSA) is 52.4 Å². The third-order valence-electron chi connectivity index (χ3n) is 4.24. The van der Waals surface area contributed by atoms with Crippen LogP contribution in [0, 0.1) is 13.8 Å². The van der Waals surface area contributed by atoms with Crippen LogP contribution in [0.5, 0.6) is 5.75 Å². The summed E-state index contributed by atoms with van der Waals surface area (Å²) < 4.78 is 13.7. The number of ether oxygens (including phenoxy) is 2. The Bertz CT molecular complexity index is 698. The van der Waals surface area contributed by atoms with Crippen LogP contribution in [0.15, 0.2) is 24.3 Å². The second kappa shape index (κ2) is 7.97. The summed E-state index contributed by atoms with van der Waals surface area (Å²) >= 11 is 0. The number of aromatic nitrogens is 3. The molecule has 2 heterocycles. The van der Waals surface area contributed by atoms with Gasteiger partial charge in [-0.3, -0.25) is 4.90 Å². The maximum Gasteiger partial charge on any atom is 0.147 e. The third kappa shape index (κ3) is 5.03. The van der Waals surface area contributed by atoms with E-state index in [0.717, 1.165) is 50.2 Å². The predicted molar refractivity (Wildman–Crippen MR) is 96.7 cm³/mol. The Balaban J connectivity index is 1.59. The molecule has 0 amide bonds. The molecule has 0 spiro atoms. The standard InChI is InChI=1S/C19H28N4O2/c1-14(2)25-18-7-5-6-17(10-18)11-22-8-9-24-19(12-22)13-23-16(4)20-15(3)21-23/h5-7,10,14,19H,8-9,11-13H2,1-4H3/t19-/m0/s1. The van der Waals surface area contributed by atoms with Gasteiger partial charge in [-0.1, -0.05) is 12.1 Å². The number of rotatable bonds is 6. The molecule has 2 aromatic rings. The Labute approximate surface area is 149 Å². The van der Waals surface area contributed by atoms with Gasteiger partial charge >= 0.3 is 0 Å². The number of morpholine rings is 1. The summed E-state index contributed by atoms with van der Waals surface area (Å²) in [6.45, 7) is 12.3. The van der Waals surface area contributed by atoms with Gasteiger partial charge in [0, 0.05) is 19.6 Å². The fourth-order valence-corrected chi connectivity index (χ4v) is 3.21. The molecule has 1 fully saturated rings. The second-order valence-electron chi connectivity index (χ2n) is 6.93. The van der Waals surface area contributed by atoms with Gasteiger partial charge in [0.25, 0.3) is 0 Å². The lowest BCUT2D eigenvalue weighted by Crippen LogP contribution is -2.43. The van der Waals surface area contributed by atoms with Crippen LogP contribution in [-0.4, -0.2) is 51.6 Å². The molecule has 0 unspecified atom stereocenters. The van der Waals surface area contributed by atoms with Crippen molar-refractivity contribution in [3.63, 3.8) is 0 Å². The zero-order valence-electron chi connectivity index (χ0n) is 15.6. The first-order valence-corrected chi connectivity index (χ1v) is 8.97. The number of aryl methyl sites for hydroxylation is 2. The van der Waals surface area contributed by atoms with Crippen LogP contribution in [-0.2, 0) is 17.8 Å². The summed E-state index contributed by atoms with van der Waals surface area (Å²) in [4.78, 5) is 6.80. The SMILES string of the molecule is Cc1nc(C)n(C[C@@H]2CN(Cc3cccc(OC(C)C)c3)CCO2)n1. The zero-order chi connectivity index (χ0) is 17.8. The molecule has 0 N–H and O–H groups in total. The van der Waals surface area contributed by atoms with Crippen LogP contribution in [0.1, 0.15) is 31.1 Å². The van der Waals surface area contributed by atoms with Gasteiger partial charge in [-0.05, 0) is 45.4 Å². The quantitative estimate of drug-likeness (QED) is 0.806. The van der Waals surface area contributed by atoms with E-state index in [1.54, 1.807) is 0 Å². The Kier molecular flexibility index (Phi) is 5.71. The maximum absolute atomic E-state index is 5.94. The molecule has 3 rings (SSSR count). The lowest BCUT2D eigenvalue weighted by Gasteiger charge is -2.33. The van der Waals surface area contributed by atoms with Crippen LogP contribution >= 0.6 is 0 Å². The molecule has 1 saturated heterocycles. The van der Waals surface area contributed by atoms with Crippen molar-refractivity contribution in [1.29, 1.82) is 0 Å². The van der Waals surface area contributed by atoms with Crippen molar-refractivity contribution >= 4 is 0 Å². The van der Waals surface area contributed by atoms with Gasteiger partial charge in [0.1, 0.15) is 17.4 Å². The normalized spacial score (nSPS) is 18.7. The summed E-state index contributed by atoms with van der Waals surface area (Å²) in [5.74, 6) is 2.69. The summed E-state index contributed by atoms with van der Waals surface area (Å²) in [6.07, 6.45) is 0.334. The van der Waals surface area contributed by atoms with E-state index in [0.29, 0.717) is 0 Å². The molecule has 0 saturated carbocycles. The van der Waals surface area contributed by atoms with Crippen molar-refractivity contribution in [2.75, 3.05) is 19.7 Å². The fraction of sp³-hybridized carbons (Fsp3) is 0.579. The summed E-state index contributed by atoms with van der Waals surface area (Å²) in [5.41, 5.74) is 1.27. The maximum atomic E-state index is 5.94. The Hall–Kier alpha value is -1.92. The largest absolute Gasteiger partial charge is 0.491 e. The fourth-order valence-electron chi connectivity index (χ4n) is 3.21. The van der Waals surface area contributed by atoms with Crippen molar-refractivity contribution in [3.8, 4) is 5.75 Å². The van der Waals surface area contributed by atoms with Crippen molar-refractivity contribution in [2.45, 2.75) is 53.0 Å². The molecule has 136 valence electrons. The minimum absolute atomic E-state index is 0.142. The first kappa shape index (κ1) is 17.9. The number of benzene rings is 1. The van der Waals surface area contributed by atoms with E-state index in [2.05, 4.69) is 33.2 Å². The Morgan fingerprint density at radius 3 is 2.88 bits per heavy atom. The number of hydrogen-bond donors (Lipinski definition) is 0. The minimum Gasteiger partial charge on any atom is -0.491 e. The van der Waals surface area contributed by atoms with Gasteiger partial charge in [-0.15, -0.1) is 0 Å².